The average Bonchev–Trinajstić information content (AvgIpc) is 3.12. The van der Waals surface area contributed by atoms with Crippen molar-refractivity contribution in [3.05, 3.63) is 29.8 Å². The zero-order valence-corrected chi connectivity index (χ0v) is 9.60. The molecule has 3 nitrogen and oxygen atoms in total. The minimum absolute atomic E-state index is 0.0882. The van der Waals surface area contributed by atoms with Crippen LogP contribution in [0.2, 0.25) is 0 Å². The fourth-order valence-electron chi connectivity index (χ4n) is 2.13. The first-order chi connectivity index (χ1) is 8.13. The van der Waals surface area contributed by atoms with Gasteiger partial charge in [-0.2, -0.15) is 0 Å². The summed E-state index contributed by atoms with van der Waals surface area (Å²) in [6.45, 7) is 0. The number of esters is 1. The second kappa shape index (κ2) is 4.73. The van der Waals surface area contributed by atoms with Gasteiger partial charge in [-0.1, -0.05) is 12.1 Å². The lowest BCUT2D eigenvalue weighted by atomic mass is 9.89. The Kier molecular flexibility index (Phi) is 3.31. The van der Waals surface area contributed by atoms with Crippen molar-refractivity contribution >= 4 is 5.97 Å². The van der Waals surface area contributed by atoms with Crippen LogP contribution in [0.25, 0.3) is 0 Å². The molecule has 0 aliphatic heterocycles. The molecule has 0 saturated heterocycles. The van der Waals surface area contributed by atoms with Gasteiger partial charge in [0.2, 0.25) is 6.17 Å². The first-order valence-corrected chi connectivity index (χ1v) is 5.64. The highest BCUT2D eigenvalue weighted by Crippen LogP contribution is 2.46. The predicted molar refractivity (Wildman–Crippen MR) is 60.5 cm³/mol. The Hall–Kier alpha value is -1.58. The van der Waals surface area contributed by atoms with E-state index in [-0.39, 0.29) is 11.7 Å². The average molecular weight is 238 g/mol. The van der Waals surface area contributed by atoms with Crippen molar-refractivity contribution in [1.82, 2.24) is 0 Å². The van der Waals surface area contributed by atoms with E-state index in [0.29, 0.717) is 5.56 Å². The number of phenols is 1. The molecule has 92 valence electrons. The number of hydrogen-bond donors (Lipinski definition) is 1. The van der Waals surface area contributed by atoms with Crippen molar-refractivity contribution in [2.75, 3.05) is 7.11 Å². The largest absolute Gasteiger partial charge is 0.508 e. The van der Waals surface area contributed by atoms with Crippen LogP contribution in [0, 0.1) is 5.92 Å². The second-order valence-corrected chi connectivity index (χ2v) is 4.38. The number of benzene rings is 1. The first-order valence-electron chi connectivity index (χ1n) is 5.64. The summed E-state index contributed by atoms with van der Waals surface area (Å²) in [5, 5.41) is 9.40. The Bertz CT molecular complexity index is 415. The van der Waals surface area contributed by atoms with Gasteiger partial charge in [0.1, 0.15) is 5.75 Å². The van der Waals surface area contributed by atoms with Gasteiger partial charge in [0, 0.05) is 5.92 Å². The van der Waals surface area contributed by atoms with Crippen molar-refractivity contribution in [2.45, 2.75) is 24.9 Å². The smallest absolute Gasteiger partial charge is 0.341 e. The highest BCUT2D eigenvalue weighted by Gasteiger charge is 2.41. The van der Waals surface area contributed by atoms with Gasteiger partial charge >= 0.3 is 5.97 Å². The highest BCUT2D eigenvalue weighted by atomic mass is 19.1. The molecule has 0 radical (unpaired) electrons. The Morgan fingerprint density at radius 1 is 1.53 bits per heavy atom. The zero-order valence-electron chi connectivity index (χ0n) is 9.60. The maximum atomic E-state index is 14.0. The van der Waals surface area contributed by atoms with Gasteiger partial charge in [-0.15, -0.1) is 0 Å². The molecule has 1 aliphatic carbocycles. The van der Waals surface area contributed by atoms with Gasteiger partial charge in [-0.3, -0.25) is 0 Å². The first kappa shape index (κ1) is 11.9. The molecule has 0 amide bonds. The van der Waals surface area contributed by atoms with E-state index >= 15 is 0 Å². The third-order valence-corrected chi connectivity index (χ3v) is 3.13. The fraction of sp³-hybridized carbons (Fsp3) is 0.462. The van der Waals surface area contributed by atoms with E-state index in [1.165, 1.54) is 19.2 Å². The highest BCUT2D eigenvalue weighted by molar-refractivity contribution is 5.76. The molecule has 1 aromatic carbocycles. The van der Waals surface area contributed by atoms with Crippen LogP contribution in [-0.4, -0.2) is 24.4 Å². The van der Waals surface area contributed by atoms with Crippen LogP contribution < -0.4 is 0 Å². The summed E-state index contributed by atoms with van der Waals surface area (Å²) in [6.07, 6.45) is 0.171. The van der Waals surface area contributed by atoms with Crippen molar-refractivity contribution in [2.24, 2.45) is 5.92 Å². The van der Waals surface area contributed by atoms with Gasteiger partial charge in [0.25, 0.3) is 0 Å². The summed E-state index contributed by atoms with van der Waals surface area (Å²) in [4.78, 5) is 11.3. The van der Waals surface area contributed by atoms with Gasteiger partial charge in [0.05, 0.1) is 7.11 Å². The maximum absolute atomic E-state index is 14.0. The number of hydrogen-bond acceptors (Lipinski definition) is 3. The van der Waals surface area contributed by atoms with Crippen molar-refractivity contribution in [3.63, 3.8) is 0 Å². The summed E-state index contributed by atoms with van der Waals surface area (Å²) in [5.41, 5.74) is 0.658. The molecular weight excluding hydrogens is 223 g/mol. The fourth-order valence-corrected chi connectivity index (χ4v) is 2.13. The van der Waals surface area contributed by atoms with Gasteiger partial charge in [-0.25, -0.2) is 9.18 Å². The molecule has 0 heterocycles. The van der Waals surface area contributed by atoms with Crippen LogP contribution in [0.15, 0.2) is 24.3 Å². The molecule has 2 rings (SSSR count). The van der Waals surface area contributed by atoms with E-state index < -0.39 is 18.1 Å². The lowest BCUT2D eigenvalue weighted by Crippen LogP contribution is -2.26. The van der Waals surface area contributed by atoms with E-state index in [4.69, 9.17) is 0 Å². The number of carbonyl (C=O) groups excluding carboxylic acids is 1. The van der Waals surface area contributed by atoms with Crippen LogP contribution in [0.3, 0.4) is 0 Å². The van der Waals surface area contributed by atoms with Gasteiger partial charge < -0.3 is 9.84 Å². The number of methoxy groups -OCH3 is 1. The van der Waals surface area contributed by atoms with Crippen molar-refractivity contribution in [1.29, 1.82) is 0 Å². The van der Waals surface area contributed by atoms with Gasteiger partial charge in [0.15, 0.2) is 0 Å². The number of ether oxygens (including phenoxy) is 1. The Balaban J connectivity index is 2.26. The maximum Gasteiger partial charge on any atom is 0.341 e. The normalized spacial score (nSPS) is 18.5. The molecule has 4 heteroatoms. The minimum Gasteiger partial charge on any atom is -0.508 e. The van der Waals surface area contributed by atoms with E-state index in [0.717, 1.165) is 12.8 Å². The molecular formula is C13H15FO3. The summed E-state index contributed by atoms with van der Waals surface area (Å²) < 4.78 is 18.5. The van der Waals surface area contributed by atoms with E-state index in [2.05, 4.69) is 4.74 Å². The predicted octanol–water partition coefficient (Wildman–Crippen LogP) is 2.40. The lowest BCUT2D eigenvalue weighted by Gasteiger charge is -2.19. The molecule has 1 N–H and O–H groups in total. The van der Waals surface area contributed by atoms with Crippen molar-refractivity contribution < 1.29 is 19.0 Å². The number of alkyl halides is 1. The van der Waals surface area contributed by atoms with Crippen LogP contribution in [-0.2, 0) is 9.53 Å². The molecule has 0 bridgehead atoms. The SMILES string of the molecule is COC(=O)C(F)[C@H](c1cccc(O)c1)C1CC1. The van der Waals surface area contributed by atoms with E-state index in [9.17, 15) is 14.3 Å². The number of aromatic hydroxyl groups is 1. The van der Waals surface area contributed by atoms with Crippen LogP contribution >= 0.6 is 0 Å². The topological polar surface area (TPSA) is 46.5 Å². The number of carbonyl (C=O) groups is 1. The summed E-state index contributed by atoms with van der Waals surface area (Å²) in [5.74, 6) is -1.09. The van der Waals surface area contributed by atoms with Crippen LogP contribution in [0.4, 0.5) is 4.39 Å². The molecule has 17 heavy (non-hydrogen) atoms. The third-order valence-electron chi connectivity index (χ3n) is 3.13. The zero-order chi connectivity index (χ0) is 12.4. The minimum atomic E-state index is -1.66. The molecule has 1 saturated carbocycles. The second-order valence-electron chi connectivity index (χ2n) is 4.38. The Labute approximate surface area is 99.2 Å². The molecule has 0 spiro atoms. The standard InChI is InChI=1S/C13H15FO3/c1-17-13(16)12(14)11(8-5-6-8)9-3-2-4-10(15)7-9/h2-4,7-8,11-12,15H,5-6H2,1H3/t11-,12?/m0/s1. The summed E-state index contributed by atoms with van der Waals surface area (Å²) in [6, 6.07) is 6.43. The van der Waals surface area contributed by atoms with Crippen LogP contribution in [0.1, 0.15) is 24.3 Å². The van der Waals surface area contributed by atoms with E-state index in [1.807, 2.05) is 0 Å². The number of halogens is 1. The van der Waals surface area contributed by atoms with Gasteiger partial charge in [-0.05, 0) is 36.5 Å². The summed E-state index contributed by atoms with van der Waals surface area (Å²) >= 11 is 0. The Morgan fingerprint density at radius 2 is 2.24 bits per heavy atom. The number of phenolic OH excluding ortho intramolecular Hbond substituents is 1. The summed E-state index contributed by atoms with van der Waals surface area (Å²) in [7, 11) is 1.18. The monoisotopic (exact) mass is 238 g/mol. The van der Waals surface area contributed by atoms with Crippen molar-refractivity contribution in [3.8, 4) is 5.75 Å². The molecule has 1 unspecified atom stereocenters. The Morgan fingerprint density at radius 3 is 2.76 bits per heavy atom. The van der Waals surface area contributed by atoms with E-state index in [1.54, 1.807) is 12.1 Å². The third kappa shape index (κ3) is 2.57. The molecule has 1 aromatic rings. The quantitative estimate of drug-likeness (QED) is 0.819. The molecule has 2 atom stereocenters. The van der Waals surface area contributed by atoms with Crippen LogP contribution in [0.5, 0.6) is 5.75 Å². The lowest BCUT2D eigenvalue weighted by molar-refractivity contribution is -0.147. The molecule has 0 aromatic heterocycles. The molecule has 1 fully saturated rings. The molecule has 1 aliphatic rings. The number of rotatable bonds is 4.